The summed E-state index contributed by atoms with van der Waals surface area (Å²) in [5, 5.41) is 0. The lowest BCUT2D eigenvalue weighted by Crippen LogP contribution is -2.31. The lowest BCUT2D eigenvalue weighted by atomic mass is 9.98. The highest BCUT2D eigenvalue weighted by molar-refractivity contribution is 14.1. The molecule has 0 amide bonds. The fraction of sp³-hybridized carbons (Fsp3) is 1.00. The van der Waals surface area contributed by atoms with Crippen molar-refractivity contribution in [2.75, 3.05) is 22.1 Å². The van der Waals surface area contributed by atoms with Gasteiger partial charge >= 0.3 is 0 Å². The summed E-state index contributed by atoms with van der Waals surface area (Å²) in [5.74, 6) is 0. The summed E-state index contributed by atoms with van der Waals surface area (Å²) in [5.41, 5.74) is 0.189. The molecule has 0 radical (unpaired) electrons. The van der Waals surface area contributed by atoms with Crippen LogP contribution in [0.5, 0.6) is 0 Å². The first-order chi connectivity index (χ1) is 11.5. The van der Waals surface area contributed by atoms with E-state index in [1.54, 1.807) is 0 Å². The van der Waals surface area contributed by atoms with E-state index < -0.39 is 0 Å². The molecule has 0 aliphatic carbocycles. The van der Waals surface area contributed by atoms with Crippen molar-refractivity contribution in [2.45, 2.75) is 102 Å². The Labute approximate surface area is 177 Å². The monoisotopic (exact) mass is 564 g/mol. The van der Waals surface area contributed by atoms with Crippen molar-refractivity contribution in [2.24, 2.45) is 0 Å². The average Bonchev–Trinajstić information content (AvgIpc) is 2.59. The highest BCUT2D eigenvalue weighted by Crippen LogP contribution is 2.25. The summed E-state index contributed by atoms with van der Waals surface area (Å²) in [7, 11) is 0. The first kappa shape index (κ1) is 23.4. The van der Waals surface area contributed by atoms with Gasteiger partial charge in [0.2, 0.25) is 0 Å². The summed E-state index contributed by atoms with van der Waals surface area (Å²) in [6.45, 7) is 6.48. The molecular weight excluding hydrogens is 526 g/mol. The van der Waals surface area contributed by atoms with Crippen LogP contribution in [0.2, 0.25) is 0 Å². The molecule has 0 aromatic rings. The molecule has 1 saturated heterocycles. The van der Waals surface area contributed by atoms with Crippen molar-refractivity contribution in [1.29, 1.82) is 0 Å². The summed E-state index contributed by atoms with van der Waals surface area (Å²) < 4.78 is 14.7. The Balaban J connectivity index is 2.41. The number of halogens is 2. The molecule has 0 bridgehead atoms. The van der Waals surface area contributed by atoms with Crippen LogP contribution in [0.3, 0.4) is 0 Å². The molecule has 2 nitrogen and oxygen atoms in total. The van der Waals surface area contributed by atoms with E-state index in [2.05, 4.69) is 59.0 Å². The van der Waals surface area contributed by atoms with Crippen LogP contribution in [0.4, 0.5) is 0 Å². The summed E-state index contributed by atoms with van der Waals surface area (Å²) in [6.07, 6.45) is 15.4. The SMILES string of the molecule is CC1(CI)CCCCCCCOC(C)(CI)CCCCCCCO1. The summed E-state index contributed by atoms with van der Waals surface area (Å²) >= 11 is 4.98. The summed E-state index contributed by atoms with van der Waals surface area (Å²) in [4.78, 5) is 0. The predicted molar refractivity (Wildman–Crippen MR) is 122 cm³/mol. The molecule has 0 aromatic heterocycles. The normalized spacial score (nSPS) is 33.5. The van der Waals surface area contributed by atoms with Crippen LogP contribution in [0.25, 0.3) is 0 Å². The van der Waals surface area contributed by atoms with Crippen LogP contribution in [0.1, 0.15) is 90.9 Å². The third-order valence-corrected chi connectivity index (χ3v) is 8.39. The van der Waals surface area contributed by atoms with Crippen LogP contribution in [-0.2, 0) is 9.47 Å². The average molecular weight is 564 g/mol. The van der Waals surface area contributed by atoms with Gasteiger partial charge in [-0.05, 0) is 39.5 Å². The van der Waals surface area contributed by atoms with Gasteiger partial charge in [0.25, 0.3) is 0 Å². The largest absolute Gasteiger partial charge is 0.374 e. The third-order valence-electron chi connectivity index (χ3n) is 5.17. The maximum atomic E-state index is 6.25. The zero-order valence-electron chi connectivity index (χ0n) is 15.9. The molecule has 1 aliphatic rings. The van der Waals surface area contributed by atoms with Crippen molar-refractivity contribution < 1.29 is 9.47 Å². The molecule has 4 heteroatoms. The second-order valence-corrected chi connectivity index (χ2v) is 9.43. The second-order valence-electron chi connectivity index (χ2n) is 7.90. The van der Waals surface area contributed by atoms with Gasteiger partial charge < -0.3 is 9.47 Å². The van der Waals surface area contributed by atoms with Crippen molar-refractivity contribution in [3.63, 3.8) is 0 Å². The summed E-state index contributed by atoms with van der Waals surface area (Å²) in [6, 6.07) is 0. The van der Waals surface area contributed by atoms with Crippen molar-refractivity contribution >= 4 is 45.2 Å². The van der Waals surface area contributed by atoms with Gasteiger partial charge in [-0.1, -0.05) is 96.5 Å². The van der Waals surface area contributed by atoms with E-state index in [0.717, 1.165) is 22.1 Å². The minimum absolute atomic E-state index is 0.0945. The van der Waals surface area contributed by atoms with Crippen molar-refractivity contribution in [3.05, 3.63) is 0 Å². The third kappa shape index (κ3) is 10.5. The van der Waals surface area contributed by atoms with Gasteiger partial charge in [-0.3, -0.25) is 0 Å². The number of hydrogen-bond donors (Lipinski definition) is 0. The quantitative estimate of drug-likeness (QED) is 0.263. The fourth-order valence-corrected chi connectivity index (χ4v) is 4.46. The number of rotatable bonds is 2. The van der Waals surface area contributed by atoms with Crippen molar-refractivity contribution in [1.82, 2.24) is 0 Å². The topological polar surface area (TPSA) is 18.5 Å². The molecule has 1 rings (SSSR count). The Bertz CT molecular complexity index is 260. The first-order valence-electron chi connectivity index (χ1n) is 9.93. The molecule has 0 N–H and O–H groups in total. The van der Waals surface area contributed by atoms with E-state index in [4.69, 9.17) is 9.47 Å². The molecule has 2 unspecified atom stereocenters. The maximum absolute atomic E-state index is 6.25. The first-order valence-corrected chi connectivity index (χ1v) is 13.0. The maximum Gasteiger partial charge on any atom is 0.0743 e. The van der Waals surface area contributed by atoms with Gasteiger partial charge in [0.1, 0.15) is 0 Å². The van der Waals surface area contributed by atoms with Gasteiger partial charge in [-0.25, -0.2) is 0 Å². The zero-order chi connectivity index (χ0) is 17.7. The van der Waals surface area contributed by atoms with Crippen LogP contribution in [-0.4, -0.2) is 33.3 Å². The van der Waals surface area contributed by atoms with E-state index in [-0.39, 0.29) is 11.2 Å². The Morgan fingerprint density at radius 2 is 0.917 bits per heavy atom. The number of ether oxygens (including phenoxy) is 2. The van der Waals surface area contributed by atoms with E-state index in [0.29, 0.717) is 0 Å². The van der Waals surface area contributed by atoms with Crippen LogP contribution >= 0.6 is 45.2 Å². The molecule has 144 valence electrons. The highest BCUT2D eigenvalue weighted by atomic mass is 127. The molecule has 2 atom stereocenters. The molecular formula is C20H38I2O2. The van der Waals surface area contributed by atoms with Crippen LogP contribution < -0.4 is 0 Å². The smallest absolute Gasteiger partial charge is 0.0743 e. The molecule has 1 heterocycles. The zero-order valence-corrected chi connectivity index (χ0v) is 20.2. The second kappa shape index (κ2) is 13.5. The van der Waals surface area contributed by atoms with E-state index in [9.17, 15) is 0 Å². The van der Waals surface area contributed by atoms with Gasteiger partial charge in [-0.2, -0.15) is 0 Å². The lowest BCUT2D eigenvalue weighted by Gasteiger charge is -2.29. The lowest BCUT2D eigenvalue weighted by molar-refractivity contribution is -0.0241. The Morgan fingerprint density at radius 1 is 0.583 bits per heavy atom. The minimum atomic E-state index is 0.0945. The Morgan fingerprint density at radius 3 is 1.29 bits per heavy atom. The Kier molecular flexibility index (Phi) is 13.2. The van der Waals surface area contributed by atoms with Crippen LogP contribution in [0.15, 0.2) is 0 Å². The van der Waals surface area contributed by atoms with E-state index in [1.165, 1.54) is 77.0 Å². The van der Waals surface area contributed by atoms with Crippen LogP contribution in [0, 0.1) is 0 Å². The minimum Gasteiger partial charge on any atom is -0.374 e. The predicted octanol–water partition coefficient (Wildman–Crippen LogP) is 7.10. The van der Waals surface area contributed by atoms with Crippen molar-refractivity contribution in [3.8, 4) is 0 Å². The Hall–Kier alpha value is 1.38. The fourth-order valence-electron chi connectivity index (χ4n) is 3.25. The van der Waals surface area contributed by atoms with Gasteiger partial charge in [0.05, 0.1) is 11.2 Å². The standard InChI is InChI=1S/C20H38I2O2/c1-19(17-21)13-9-5-3-8-12-16-24-20(2,18-22)14-10-6-4-7-11-15-23-19/h3-18H2,1-2H3. The van der Waals surface area contributed by atoms with E-state index >= 15 is 0 Å². The molecule has 0 saturated carbocycles. The molecule has 1 fully saturated rings. The van der Waals surface area contributed by atoms with E-state index in [1.807, 2.05) is 0 Å². The van der Waals surface area contributed by atoms with Gasteiger partial charge in [-0.15, -0.1) is 0 Å². The number of hydrogen-bond acceptors (Lipinski definition) is 2. The molecule has 24 heavy (non-hydrogen) atoms. The number of alkyl halides is 2. The van der Waals surface area contributed by atoms with Gasteiger partial charge in [0, 0.05) is 22.1 Å². The molecule has 0 aromatic carbocycles. The molecule has 1 aliphatic heterocycles. The van der Waals surface area contributed by atoms with Gasteiger partial charge in [0.15, 0.2) is 0 Å². The molecule has 0 spiro atoms. The highest BCUT2D eigenvalue weighted by Gasteiger charge is 2.24.